The highest BCUT2D eigenvalue weighted by Crippen LogP contribution is 2.26. The van der Waals surface area contributed by atoms with Gasteiger partial charge in [-0.2, -0.15) is 4.72 Å². The molecule has 0 spiro atoms. The van der Waals surface area contributed by atoms with Crippen molar-refractivity contribution in [2.75, 3.05) is 36.4 Å². The average Bonchev–Trinajstić information content (AvgIpc) is 2.68. The van der Waals surface area contributed by atoms with Crippen LogP contribution in [-0.4, -0.2) is 51.6 Å². The first-order valence-electron chi connectivity index (χ1n) is 8.51. The van der Waals surface area contributed by atoms with Crippen LogP contribution in [-0.2, 0) is 14.8 Å². The topological polar surface area (TPSA) is 81.7 Å². The van der Waals surface area contributed by atoms with E-state index in [0.29, 0.717) is 31.9 Å². The Hall–Kier alpha value is -2.58. The Bertz CT molecular complexity index is 909. The lowest BCUT2D eigenvalue weighted by Gasteiger charge is -2.38. The van der Waals surface area contributed by atoms with Crippen molar-refractivity contribution in [3.63, 3.8) is 0 Å². The lowest BCUT2D eigenvalue weighted by Crippen LogP contribution is -2.58. The summed E-state index contributed by atoms with van der Waals surface area (Å²) in [6, 6.07) is 16.6. The van der Waals surface area contributed by atoms with Gasteiger partial charge in [0.2, 0.25) is 10.0 Å². The van der Waals surface area contributed by atoms with Gasteiger partial charge in [0.15, 0.2) is 6.17 Å². The fourth-order valence-corrected chi connectivity index (χ4v) is 4.61. The van der Waals surface area contributed by atoms with Gasteiger partial charge in [-0.1, -0.05) is 30.3 Å². The third-order valence-corrected chi connectivity index (χ3v) is 6.19. The van der Waals surface area contributed by atoms with E-state index in [4.69, 9.17) is 0 Å². The van der Waals surface area contributed by atoms with Crippen LogP contribution in [0.1, 0.15) is 0 Å². The van der Waals surface area contributed by atoms with E-state index in [9.17, 15) is 13.2 Å². The van der Waals surface area contributed by atoms with Crippen LogP contribution in [0, 0.1) is 0 Å². The van der Waals surface area contributed by atoms with Crippen LogP contribution in [0.2, 0.25) is 0 Å². The molecule has 7 nitrogen and oxygen atoms in total. The van der Waals surface area contributed by atoms with Crippen LogP contribution >= 0.6 is 0 Å². The van der Waals surface area contributed by atoms with Gasteiger partial charge >= 0.3 is 0 Å². The van der Waals surface area contributed by atoms with Crippen LogP contribution in [0.3, 0.4) is 0 Å². The van der Waals surface area contributed by atoms with Crippen molar-refractivity contribution in [2.45, 2.75) is 11.1 Å². The molecule has 0 unspecified atom stereocenters. The first kappa shape index (κ1) is 16.9. The fourth-order valence-electron chi connectivity index (χ4n) is 3.34. The molecular formula is C18H20N4O3S. The summed E-state index contributed by atoms with van der Waals surface area (Å²) in [5.41, 5.74) is 1.58. The number of anilines is 2. The molecule has 136 valence electrons. The van der Waals surface area contributed by atoms with E-state index in [1.54, 1.807) is 23.1 Å². The van der Waals surface area contributed by atoms with Crippen LogP contribution in [0.25, 0.3) is 0 Å². The first-order valence-corrected chi connectivity index (χ1v) is 10.00. The van der Waals surface area contributed by atoms with E-state index in [1.165, 1.54) is 6.07 Å². The number of rotatable bonds is 2. The highest BCUT2D eigenvalue weighted by Gasteiger charge is 2.35. The predicted molar refractivity (Wildman–Crippen MR) is 99.4 cm³/mol. The Morgan fingerprint density at radius 2 is 1.58 bits per heavy atom. The summed E-state index contributed by atoms with van der Waals surface area (Å²) in [7, 11) is -3.70. The molecule has 1 fully saturated rings. The van der Waals surface area contributed by atoms with Crippen LogP contribution < -0.4 is 14.9 Å². The van der Waals surface area contributed by atoms with Crippen molar-refractivity contribution in [3.8, 4) is 0 Å². The zero-order valence-corrected chi connectivity index (χ0v) is 14.9. The Morgan fingerprint density at radius 1 is 0.923 bits per heavy atom. The third kappa shape index (κ3) is 3.13. The van der Waals surface area contributed by atoms with Crippen molar-refractivity contribution in [1.29, 1.82) is 0 Å². The van der Waals surface area contributed by atoms with Crippen LogP contribution in [0.4, 0.5) is 11.4 Å². The number of nitrogens with zero attached hydrogens (tertiary/aromatic N) is 2. The molecule has 26 heavy (non-hydrogen) atoms. The molecule has 2 aliphatic rings. The van der Waals surface area contributed by atoms with Crippen LogP contribution in [0.15, 0.2) is 59.5 Å². The Labute approximate surface area is 152 Å². The molecule has 1 atom stereocenters. The van der Waals surface area contributed by atoms with E-state index < -0.39 is 16.2 Å². The Morgan fingerprint density at radius 3 is 2.31 bits per heavy atom. The molecule has 0 radical (unpaired) electrons. The number of carbonyl (C=O) groups excluding carboxylic acids is 1. The number of benzene rings is 2. The normalized spacial score (nSPS) is 21.6. The maximum Gasteiger partial charge on any atom is 0.261 e. The van der Waals surface area contributed by atoms with Crippen LogP contribution in [0.5, 0.6) is 0 Å². The number of amides is 1. The average molecular weight is 372 g/mol. The highest BCUT2D eigenvalue weighted by molar-refractivity contribution is 7.89. The van der Waals surface area contributed by atoms with Crippen molar-refractivity contribution in [1.82, 2.24) is 9.62 Å². The Kier molecular flexibility index (Phi) is 4.29. The van der Waals surface area contributed by atoms with Crippen molar-refractivity contribution in [2.24, 2.45) is 0 Å². The molecule has 2 aliphatic heterocycles. The van der Waals surface area contributed by atoms with E-state index >= 15 is 0 Å². The lowest BCUT2D eigenvalue weighted by atomic mass is 10.2. The van der Waals surface area contributed by atoms with Gasteiger partial charge in [-0.25, -0.2) is 8.42 Å². The van der Waals surface area contributed by atoms with Crippen molar-refractivity contribution in [3.05, 3.63) is 54.6 Å². The van der Waals surface area contributed by atoms with Gasteiger partial charge in [-0.05, 0) is 24.3 Å². The summed E-state index contributed by atoms with van der Waals surface area (Å²) >= 11 is 0. The van der Waals surface area contributed by atoms with E-state index in [2.05, 4.69) is 14.9 Å². The third-order valence-electron chi connectivity index (χ3n) is 4.71. The fraction of sp³-hybridized carbons (Fsp3) is 0.278. The van der Waals surface area contributed by atoms with Gasteiger partial charge in [0.05, 0.1) is 5.69 Å². The number of para-hydroxylation sites is 2. The molecule has 4 rings (SSSR count). The second kappa shape index (κ2) is 6.62. The molecule has 2 aromatic carbocycles. The quantitative estimate of drug-likeness (QED) is 0.824. The van der Waals surface area contributed by atoms with E-state index in [-0.39, 0.29) is 10.8 Å². The van der Waals surface area contributed by atoms with E-state index in [0.717, 1.165) is 5.69 Å². The molecule has 1 amide bonds. The number of sulfonamides is 1. The molecule has 2 heterocycles. The summed E-state index contributed by atoms with van der Waals surface area (Å²) < 4.78 is 27.2. The molecule has 2 N–H and O–H groups in total. The smallest absolute Gasteiger partial charge is 0.261 e. The Balaban J connectivity index is 1.45. The van der Waals surface area contributed by atoms with Crippen molar-refractivity contribution >= 4 is 27.3 Å². The molecule has 0 saturated carbocycles. The lowest BCUT2D eigenvalue weighted by molar-refractivity contribution is -0.132. The zero-order chi connectivity index (χ0) is 18.1. The number of hydrogen-bond donors (Lipinski definition) is 2. The molecule has 8 heteroatoms. The molecule has 0 aromatic heterocycles. The van der Waals surface area contributed by atoms with Gasteiger partial charge in [0.1, 0.15) is 4.90 Å². The second-order valence-electron chi connectivity index (χ2n) is 6.34. The maximum absolute atomic E-state index is 12.8. The first-order chi connectivity index (χ1) is 12.5. The molecule has 1 saturated heterocycles. The number of hydrogen-bond acceptors (Lipinski definition) is 5. The molecule has 0 aliphatic carbocycles. The second-order valence-corrected chi connectivity index (χ2v) is 8.03. The van der Waals surface area contributed by atoms with Gasteiger partial charge in [-0.3, -0.25) is 4.79 Å². The number of fused-ring (bicyclic) bond motifs is 1. The highest BCUT2D eigenvalue weighted by atomic mass is 32.2. The summed E-state index contributed by atoms with van der Waals surface area (Å²) in [4.78, 5) is 16.9. The number of piperazine rings is 1. The minimum atomic E-state index is -3.70. The minimum Gasteiger partial charge on any atom is -0.368 e. The summed E-state index contributed by atoms with van der Waals surface area (Å²) in [6.07, 6.45) is -0.974. The molecule has 2 aromatic rings. The van der Waals surface area contributed by atoms with Gasteiger partial charge in [-0.15, -0.1) is 0 Å². The van der Waals surface area contributed by atoms with Gasteiger partial charge in [0, 0.05) is 31.9 Å². The number of carbonyl (C=O) groups is 1. The van der Waals surface area contributed by atoms with Gasteiger partial charge < -0.3 is 15.1 Å². The SMILES string of the molecule is O=C([C@H]1Nc2ccccc2S(=O)(=O)N1)N1CCN(c2ccccc2)CC1. The monoisotopic (exact) mass is 372 g/mol. The van der Waals surface area contributed by atoms with Gasteiger partial charge in [0.25, 0.3) is 5.91 Å². The number of nitrogens with one attached hydrogen (secondary N) is 2. The summed E-state index contributed by atoms with van der Waals surface area (Å²) in [5.74, 6) is -0.254. The summed E-state index contributed by atoms with van der Waals surface area (Å²) in [5, 5.41) is 3.00. The standard InChI is InChI=1S/C18H20N4O3S/c23-18(17-19-15-8-4-5-9-16(15)26(24,25)20-17)22-12-10-21(11-13-22)14-6-2-1-3-7-14/h1-9,17,19-20H,10-13H2/t17-/m0/s1. The summed E-state index contributed by atoms with van der Waals surface area (Å²) in [6.45, 7) is 2.53. The largest absolute Gasteiger partial charge is 0.368 e. The van der Waals surface area contributed by atoms with Crippen molar-refractivity contribution < 1.29 is 13.2 Å². The van der Waals surface area contributed by atoms with E-state index in [1.807, 2.05) is 30.3 Å². The maximum atomic E-state index is 12.8. The zero-order valence-electron chi connectivity index (χ0n) is 14.1. The predicted octanol–water partition coefficient (Wildman–Crippen LogP) is 1.07. The minimum absolute atomic E-state index is 0.165. The molecule has 0 bridgehead atoms. The molecular weight excluding hydrogens is 352 g/mol.